The van der Waals surface area contributed by atoms with Crippen molar-refractivity contribution in [2.24, 2.45) is 0 Å². The molecule has 0 saturated heterocycles. The van der Waals surface area contributed by atoms with Crippen LogP contribution in [0.3, 0.4) is 0 Å². The van der Waals surface area contributed by atoms with Crippen molar-refractivity contribution >= 4 is 29.2 Å². The quantitative estimate of drug-likeness (QED) is 0.807. The molecule has 0 aliphatic carbocycles. The average molecular weight is 260 g/mol. The van der Waals surface area contributed by atoms with Crippen molar-refractivity contribution in [3.8, 4) is 0 Å². The minimum atomic E-state index is 0.643. The highest BCUT2D eigenvalue weighted by Gasteiger charge is 2.02. The Morgan fingerprint density at radius 3 is 2.83 bits per heavy atom. The number of anilines is 3. The van der Waals surface area contributed by atoms with Crippen LogP contribution in [0.25, 0.3) is 0 Å². The van der Waals surface area contributed by atoms with Crippen molar-refractivity contribution in [1.29, 1.82) is 0 Å². The van der Waals surface area contributed by atoms with Gasteiger partial charge >= 0.3 is 0 Å². The summed E-state index contributed by atoms with van der Waals surface area (Å²) < 4.78 is 0. The molecule has 1 aromatic heterocycles. The van der Waals surface area contributed by atoms with Gasteiger partial charge in [0.1, 0.15) is 5.82 Å². The molecule has 0 amide bonds. The van der Waals surface area contributed by atoms with Crippen LogP contribution in [0.4, 0.5) is 17.5 Å². The molecule has 0 radical (unpaired) electrons. The van der Waals surface area contributed by atoms with Crippen LogP contribution in [-0.4, -0.2) is 22.8 Å². The highest BCUT2D eigenvalue weighted by Crippen LogP contribution is 2.27. The van der Waals surface area contributed by atoms with Gasteiger partial charge in [-0.25, -0.2) is 4.98 Å². The van der Waals surface area contributed by atoms with Crippen molar-refractivity contribution in [3.63, 3.8) is 0 Å². The van der Waals surface area contributed by atoms with E-state index >= 15 is 0 Å². The first-order chi connectivity index (χ1) is 8.83. The summed E-state index contributed by atoms with van der Waals surface area (Å²) in [5, 5.41) is 6.41. The number of hydrogen-bond acceptors (Lipinski definition) is 5. The third-order valence-corrected chi connectivity index (χ3v) is 3.16. The molecule has 0 unspecified atom stereocenters. The normalized spacial score (nSPS) is 10.1. The molecule has 94 valence electrons. The van der Waals surface area contributed by atoms with E-state index in [0.717, 1.165) is 18.1 Å². The summed E-state index contributed by atoms with van der Waals surface area (Å²) in [7, 11) is 0. The molecule has 0 aliphatic heterocycles. The molecule has 0 atom stereocenters. The van der Waals surface area contributed by atoms with Crippen LogP contribution in [0.5, 0.6) is 0 Å². The fourth-order valence-electron chi connectivity index (χ4n) is 1.56. The van der Waals surface area contributed by atoms with Crippen molar-refractivity contribution in [1.82, 2.24) is 9.97 Å². The van der Waals surface area contributed by atoms with Gasteiger partial charge in [0.15, 0.2) is 0 Å². The summed E-state index contributed by atoms with van der Waals surface area (Å²) >= 11 is 1.71. The van der Waals surface area contributed by atoms with Gasteiger partial charge in [0.2, 0.25) is 5.95 Å². The predicted molar refractivity (Wildman–Crippen MR) is 77.7 cm³/mol. The lowest BCUT2D eigenvalue weighted by atomic mass is 10.3. The van der Waals surface area contributed by atoms with E-state index in [1.165, 1.54) is 4.90 Å². The van der Waals surface area contributed by atoms with Crippen LogP contribution < -0.4 is 10.6 Å². The van der Waals surface area contributed by atoms with Crippen LogP contribution in [0.15, 0.2) is 41.4 Å². The standard InChI is InChI=1S/C13H16N4S/c1-3-14-13-15-9-8-12(17-13)16-10-6-4-5-7-11(10)18-2/h4-9H,3H2,1-2H3,(H2,14,15,16,17). The number of nitrogens with one attached hydrogen (secondary N) is 2. The number of hydrogen-bond donors (Lipinski definition) is 2. The molecular weight excluding hydrogens is 244 g/mol. The van der Waals surface area contributed by atoms with Crippen LogP contribution in [0.1, 0.15) is 6.92 Å². The number of nitrogens with zero attached hydrogens (tertiary/aromatic N) is 2. The molecule has 0 bridgehead atoms. The van der Waals surface area contributed by atoms with Gasteiger partial charge in [0.05, 0.1) is 5.69 Å². The molecule has 4 nitrogen and oxygen atoms in total. The second-order valence-electron chi connectivity index (χ2n) is 3.62. The van der Waals surface area contributed by atoms with Gasteiger partial charge < -0.3 is 10.6 Å². The van der Waals surface area contributed by atoms with Gasteiger partial charge in [0, 0.05) is 17.6 Å². The fourth-order valence-corrected chi connectivity index (χ4v) is 2.11. The van der Waals surface area contributed by atoms with Crippen LogP contribution in [-0.2, 0) is 0 Å². The molecule has 2 rings (SSSR count). The number of thioether (sulfide) groups is 1. The second kappa shape index (κ2) is 6.26. The molecule has 1 heterocycles. The minimum Gasteiger partial charge on any atom is -0.354 e. The Morgan fingerprint density at radius 2 is 2.06 bits per heavy atom. The summed E-state index contributed by atoms with van der Waals surface area (Å²) in [5.74, 6) is 1.44. The van der Waals surface area contributed by atoms with Crippen molar-refractivity contribution < 1.29 is 0 Å². The zero-order valence-electron chi connectivity index (χ0n) is 10.5. The maximum atomic E-state index is 4.39. The molecular formula is C13H16N4S. The summed E-state index contributed by atoms with van der Waals surface area (Å²) in [6, 6.07) is 10.0. The Hall–Kier alpha value is -1.75. The number of benzene rings is 1. The number of para-hydroxylation sites is 1. The molecule has 18 heavy (non-hydrogen) atoms. The van der Waals surface area contributed by atoms with E-state index in [9.17, 15) is 0 Å². The third kappa shape index (κ3) is 3.13. The van der Waals surface area contributed by atoms with E-state index < -0.39 is 0 Å². The van der Waals surface area contributed by atoms with Crippen LogP contribution in [0, 0.1) is 0 Å². The molecule has 0 saturated carbocycles. The van der Waals surface area contributed by atoms with Gasteiger partial charge in [-0.05, 0) is 31.4 Å². The summed E-state index contributed by atoms with van der Waals surface area (Å²) in [5.41, 5.74) is 1.06. The highest BCUT2D eigenvalue weighted by molar-refractivity contribution is 7.98. The van der Waals surface area contributed by atoms with Crippen molar-refractivity contribution in [2.75, 3.05) is 23.4 Å². The van der Waals surface area contributed by atoms with E-state index in [0.29, 0.717) is 5.95 Å². The van der Waals surface area contributed by atoms with Gasteiger partial charge in [0.25, 0.3) is 0 Å². The Bertz CT molecular complexity index is 516. The van der Waals surface area contributed by atoms with Crippen molar-refractivity contribution in [2.45, 2.75) is 11.8 Å². The molecule has 0 aliphatic rings. The summed E-state index contributed by atoms with van der Waals surface area (Å²) in [6.07, 6.45) is 3.81. The fraction of sp³-hybridized carbons (Fsp3) is 0.231. The first-order valence-corrected chi connectivity index (χ1v) is 7.03. The molecule has 1 aromatic carbocycles. The zero-order chi connectivity index (χ0) is 12.8. The Balaban J connectivity index is 2.20. The van der Waals surface area contributed by atoms with Crippen LogP contribution in [0.2, 0.25) is 0 Å². The predicted octanol–water partition coefficient (Wildman–Crippen LogP) is 3.37. The van der Waals surface area contributed by atoms with Crippen molar-refractivity contribution in [3.05, 3.63) is 36.5 Å². The smallest absolute Gasteiger partial charge is 0.224 e. The first-order valence-electron chi connectivity index (χ1n) is 5.80. The molecule has 0 spiro atoms. The summed E-state index contributed by atoms with van der Waals surface area (Å²) in [4.78, 5) is 9.73. The minimum absolute atomic E-state index is 0.643. The van der Waals surface area contributed by atoms with Gasteiger partial charge in [-0.15, -0.1) is 11.8 Å². The highest BCUT2D eigenvalue weighted by atomic mass is 32.2. The molecule has 5 heteroatoms. The number of aromatic nitrogens is 2. The second-order valence-corrected chi connectivity index (χ2v) is 4.47. The first kappa shape index (κ1) is 12.7. The lowest BCUT2D eigenvalue weighted by Crippen LogP contribution is -2.03. The van der Waals surface area contributed by atoms with E-state index in [1.54, 1.807) is 18.0 Å². The average Bonchev–Trinajstić information content (AvgIpc) is 2.40. The number of rotatable bonds is 5. The lowest BCUT2D eigenvalue weighted by molar-refractivity contribution is 1.09. The van der Waals surface area contributed by atoms with E-state index in [-0.39, 0.29) is 0 Å². The van der Waals surface area contributed by atoms with E-state index in [4.69, 9.17) is 0 Å². The summed E-state index contributed by atoms with van der Waals surface area (Å²) in [6.45, 7) is 2.83. The Labute approximate surface area is 111 Å². The third-order valence-electron chi connectivity index (χ3n) is 2.36. The molecule has 0 fully saturated rings. The monoisotopic (exact) mass is 260 g/mol. The zero-order valence-corrected chi connectivity index (χ0v) is 11.3. The van der Waals surface area contributed by atoms with E-state index in [1.807, 2.05) is 31.2 Å². The van der Waals surface area contributed by atoms with Crippen LogP contribution >= 0.6 is 11.8 Å². The maximum absolute atomic E-state index is 4.39. The van der Waals surface area contributed by atoms with Gasteiger partial charge in [-0.2, -0.15) is 4.98 Å². The Kier molecular flexibility index (Phi) is 4.41. The maximum Gasteiger partial charge on any atom is 0.224 e. The lowest BCUT2D eigenvalue weighted by Gasteiger charge is -2.10. The SMILES string of the molecule is CCNc1nccc(Nc2ccccc2SC)n1. The van der Waals surface area contributed by atoms with Gasteiger partial charge in [-0.1, -0.05) is 12.1 Å². The van der Waals surface area contributed by atoms with Gasteiger partial charge in [-0.3, -0.25) is 0 Å². The van der Waals surface area contributed by atoms with E-state index in [2.05, 4.69) is 32.9 Å². The molecule has 2 aromatic rings. The largest absolute Gasteiger partial charge is 0.354 e. The molecule has 2 N–H and O–H groups in total. The Morgan fingerprint density at radius 1 is 1.22 bits per heavy atom. The topological polar surface area (TPSA) is 49.8 Å².